The summed E-state index contributed by atoms with van der Waals surface area (Å²) in [5.74, 6) is -1.77. The molecule has 1 unspecified atom stereocenters. The number of hydrogen-bond acceptors (Lipinski definition) is 3. The van der Waals surface area contributed by atoms with E-state index >= 15 is 0 Å². The molecule has 2 aromatic rings. The van der Waals surface area contributed by atoms with Crippen molar-refractivity contribution in [1.29, 1.82) is 0 Å². The highest BCUT2D eigenvalue weighted by Crippen LogP contribution is 2.10. The molecule has 0 saturated carbocycles. The molecule has 0 bridgehead atoms. The molecular weight excluding hydrogens is 301 g/mol. The summed E-state index contributed by atoms with van der Waals surface area (Å²) in [6, 6.07) is 13.5. The highest BCUT2D eigenvalue weighted by atomic mass is 19.1. The van der Waals surface area contributed by atoms with Gasteiger partial charge in [0.2, 0.25) is 0 Å². The monoisotopic (exact) mass is 317 g/mol. The third kappa shape index (κ3) is 5.10. The Hall–Kier alpha value is -2.89. The van der Waals surface area contributed by atoms with Crippen LogP contribution >= 0.6 is 0 Å². The molecule has 23 heavy (non-hydrogen) atoms. The summed E-state index contributed by atoms with van der Waals surface area (Å²) in [6.45, 7) is 0.0265. The Kier molecular flexibility index (Phi) is 5.68. The zero-order chi connectivity index (χ0) is 16.7. The smallest absolute Gasteiger partial charge is 0.408 e. The van der Waals surface area contributed by atoms with Crippen molar-refractivity contribution in [1.82, 2.24) is 5.32 Å². The first-order valence-electron chi connectivity index (χ1n) is 6.99. The summed E-state index contributed by atoms with van der Waals surface area (Å²) in [4.78, 5) is 22.9. The van der Waals surface area contributed by atoms with Gasteiger partial charge in [-0.1, -0.05) is 48.5 Å². The van der Waals surface area contributed by atoms with E-state index < -0.39 is 23.9 Å². The van der Waals surface area contributed by atoms with E-state index in [1.807, 2.05) is 6.07 Å². The van der Waals surface area contributed by atoms with Crippen LogP contribution in [0.5, 0.6) is 0 Å². The minimum absolute atomic E-state index is 0.0265. The maximum Gasteiger partial charge on any atom is 0.408 e. The Morgan fingerprint density at radius 3 is 2.39 bits per heavy atom. The van der Waals surface area contributed by atoms with E-state index in [2.05, 4.69) is 5.32 Å². The lowest BCUT2D eigenvalue weighted by atomic mass is 10.1. The Morgan fingerprint density at radius 1 is 1.09 bits per heavy atom. The standard InChI is InChI=1S/C17H16FNO4/c18-14-9-5-4-8-13(14)10-15(16(20)21)19-17(22)23-11-12-6-2-1-3-7-12/h1-9,15H,10-11H2,(H,19,22)(H,20,21). The van der Waals surface area contributed by atoms with Gasteiger partial charge in [0.05, 0.1) is 0 Å². The van der Waals surface area contributed by atoms with Crippen LogP contribution in [0.1, 0.15) is 11.1 Å². The van der Waals surface area contributed by atoms with Gasteiger partial charge in [-0.05, 0) is 17.2 Å². The van der Waals surface area contributed by atoms with E-state index in [4.69, 9.17) is 9.84 Å². The molecule has 0 saturated heterocycles. The topological polar surface area (TPSA) is 75.6 Å². The average Bonchev–Trinajstić information content (AvgIpc) is 2.55. The van der Waals surface area contributed by atoms with Gasteiger partial charge >= 0.3 is 12.1 Å². The van der Waals surface area contributed by atoms with Crippen LogP contribution in [0.2, 0.25) is 0 Å². The number of aliphatic carboxylic acids is 1. The molecule has 0 aliphatic rings. The van der Waals surface area contributed by atoms with Crippen LogP contribution < -0.4 is 5.32 Å². The van der Waals surface area contributed by atoms with Gasteiger partial charge in [-0.2, -0.15) is 0 Å². The average molecular weight is 317 g/mol. The Morgan fingerprint density at radius 2 is 1.74 bits per heavy atom. The van der Waals surface area contributed by atoms with Crippen LogP contribution in [-0.2, 0) is 22.6 Å². The second-order valence-electron chi connectivity index (χ2n) is 4.89. The van der Waals surface area contributed by atoms with Crippen LogP contribution in [0.4, 0.5) is 9.18 Å². The molecule has 0 spiro atoms. The van der Waals surface area contributed by atoms with Crippen molar-refractivity contribution in [3.05, 3.63) is 71.5 Å². The van der Waals surface area contributed by atoms with Gasteiger partial charge in [0, 0.05) is 6.42 Å². The van der Waals surface area contributed by atoms with Crippen LogP contribution in [0.15, 0.2) is 54.6 Å². The zero-order valence-electron chi connectivity index (χ0n) is 12.2. The lowest BCUT2D eigenvalue weighted by Crippen LogP contribution is -2.42. The molecule has 0 aromatic heterocycles. The first-order chi connectivity index (χ1) is 11.1. The van der Waals surface area contributed by atoms with E-state index in [0.717, 1.165) is 5.56 Å². The maximum atomic E-state index is 13.6. The molecule has 6 heteroatoms. The van der Waals surface area contributed by atoms with Crippen LogP contribution in [0, 0.1) is 5.82 Å². The number of carboxylic acids is 1. The molecule has 2 rings (SSSR count). The van der Waals surface area contributed by atoms with Crippen molar-refractivity contribution in [2.75, 3.05) is 0 Å². The molecule has 120 valence electrons. The quantitative estimate of drug-likeness (QED) is 0.859. The molecule has 2 N–H and O–H groups in total. The summed E-state index contributed by atoms with van der Waals surface area (Å²) < 4.78 is 18.6. The SMILES string of the molecule is O=C(NC(Cc1ccccc1F)C(=O)O)OCc1ccccc1. The predicted octanol–water partition coefficient (Wildman–Crippen LogP) is 2.75. The van der Waals surface area contributed by atoms with E-state index in [9.17, 15) is 14.0 Å². The van der Waals surface area contributed by atoms with Gasteiger partial charge in [-0.3, -0.25) is 0 Å². The highest BCUT2D eigenvalue weighted by Gasteiger charge is 2.22. The molecule has 1 amide bonds. The maximum absolute atomic E-state index is 13.6. The molecule has 2 aromatic carbocycles. The van der Waals surface area contributed by atoms with E-state index in [-0.39, 0.29) is 18.6 Å². The first-order valence-corrected chi connectivity index (χ1v) is 6.99. The second kappa shape index (κ2) is 7.93. The van der Waals surface area contributed by atoms with E-state index in [0.29, 0.717) is 0 Å². The van der Waals surface area contributed by atoms with Crippen molar-refractivity contribution >= 4 is 12.1 Å². The Balaban J connectivity index is 1.92. The molecule has 0 radical (unpaired) electrons. The second-order valence-corrected chi connectivity index (χ2v) is 4.89. The van der Waals surface area contributed by atoms with Crippen LogP contribution in [0.3, 0.4) is 0 Å². The van der Waals surface area contributed by atoms with Gasteiger partial charge in [-0.25, -0.2) is 14.0 Å². The number of carbonyl (C=O) groups excluding carboxylic acids is 1. The fraction of sp³-hybridized carbons (Fsp3) is 0.176. The lowest BCUT2D eigenvalue weighted by molar-refractivity contribution is -0.139. The summed E-state index contributed by atoms with van der Waals surface area (Å²) >= 11 is 0. The molecule has 0 aliphatic carbocycles. The number of alkyl carbamates (subject to hydrolysis) is 1. The largest absolute Gasteiger partial charge is 0.480 e. The minimum atomic E-state index is -1.27. The fourth-order valence-corrected chi connectivity index (χ4v) is 1.99. The van der Waals surface area contributed by atoms with E-state index in [1.165, 1.54) is 18.2 Å². The van der Waals surface area contributed by atoms with E-state index in [1.54, 1.807) is 30.3 Å². The Bertz CT molecular complexity index is 675. The van der Waals surface area contributed by atoms with Gasteiger partial charge in [0.1, 0.15) is 18.5 Å². The molecule has 5 nitrogen and oxygen atoms in total. The third-order valence-electron chi connectivity index (χ3n) is 3.18. The molecular formula is C17H16FNO4. The Labute approximate surface area is 132 Å². The number of hydrogen-bond donors (Lipinski definition) is 2. The normalized spacial score (nSPS) is 11.5. The number of carboxylic acid groups (broad SMARTS) is 1. The van der Waals surface area contributed by atoms with Crippen molar-refractivity contribution in [3.63, 3.8) is 0 Å². The van der Waals surface area contributed by atoms with Crippen LogP contribution in [0.25, 0.3) is 0 Å². The first kappa shape index (κ1) is 16.5. The number of halogens is 1. The van der Waals surface area contributed by atoms with Crippen molar-refractivity contribution in [3.8, 4) is 0 Å². The van der Waals surface area contributed by atoms with Crippen molar-refractivity contribution in [2.24, 2.45) is 0 Å². The molecule has 0 heterocycles. The van der Waals surface area contributed by atoms with Gasteiger partial charge < -0.3 is 15.2 Å². The molecule has 0 aliphatic heterocycles. The van der Waals surface area contributed by atoms with Gasteiger partial charge in [0.15, 0.2) is 0 Å². The number of amides is 1. The third-order valence-corrected chi connectivity index (χ3v) is 3.18. The number of carbonyl (C=O) groups is 2. The molecule has 1 atom stereocenters. The summed E-state index contributed by atoms with van der Waals surface area (Å²) in [5, 5.41) is 11.4. The highest BCUT2D eigenvalue weighted by molar-refractivity contribution is 5.80. The number of benzene rings is 2. The molecule has 0 fully saturated rings. The number of rotatable bonds is 6. The summed E-state index contributed by atoms with van der Waals surface area (Å²) in [6.07, 6.45) is -1.03. The lowest BCUT2D eigenvalue weighted by Gasteiger charge is -2.15. The predicted molar refractivity (Wildman–Crippen MR) is 81.3 cm³/mol. The van der Waals surface area contributed by atoms with Gasteiger partial charge in [0.25, 0.3) is 0 Å². The minimum Gasteiger partial charge on any atom is -0.480 e. The summed E-state index contributed by atoms with van der Waals surface area (Å²) in [5.41, 5.74) is 0.992. The number of ether oxygens (including phenoxy) is 1. The zero-order valence-corrected chi connectivity index (χ0v) is 12.2. The van der Waals surface area contributed by atoms with Crippen molar-refractivity contribution in [2.45, 2.75) is 19.1 Å². The fourth-order valence-electron chi connectivity index (χ4n) is 1.99. The van der Waals surface area contributed by atoms with Crippen LogP contribution in [-0.4, -0.2) is 23.2 Å². The summed E-state index contributed by atoms with van der Waals surface area (Å²) in [7, 11) is 0. The van der Waals surface area contributed by atoms with Gasteiger partial charge in [-0.15, -0.1) is 0 Å². The van der Waals surface area contributed by atoms with Crippen molar-refractivity contribution < 1.29 is 23.8 Å². The number of nitrogens with one attached hydrogen (secondary N) is 1.